The molecule has 4 fully saturated rings. The molecule has 4 amide bonds. The van der Waals surface area contributed by atoms with Crippen molar-refractivity contribution in [3.63, 3.8) is 0 Å². The molecule has 9 rings (SSSR count). The first-order chi connectivity index (χ1) is 27.5. The molecule has 2 N–H and O–H groups in total. The number of nitrogens with one attached hydrogen (secondary N) is 1. The molecule has 6 aliphatic rings. The maximum Gasteiger partial charge on any atom is 0.262 e. The third-order valence-electron chi connectivity index (χ3n) is 13.6. The van der Waals surface area contributed by atoms with Crippen LogP contribution in [-0.4, -0.2) is 101 Å². The summed E-state index contributed by atoms with van der Waals surface area (Å²) in [4.78, 5) is 63.1. The van der Waals surface area contributed by atoms with E-state index in [9.17, 15) is 29.5 Å². The zero-order chi connectivity index (χ0) is 39.6. The predicted octanol–water partition coefficient (Wildman–Crippen LogP) is 5.16. The second-order valence-electron chi connectivity index (χ2n) is 17.2. The van der Waals surface area contributed by atoms with Crippen molar-refractivity contribution in [2.75, 3.05) is 49.1 Å². The van der Waals surface area contributed by atoms with Gasteiger partial charge < -0.3 is 25.1 Å². The van der Waals surface area contributed by atoms with Crippen LogP contribution >= 0.6 is 11.6 Å². The third-order valence-corrected chi connectivity index (χ3v) is 13.9. The highest BCUT2D eigenvalue weighted by Gasteiger charge is 2.46. The molecule has 3 aromatic rings. The van der Waals surface area contributed by atoms with Gasteiger partial charge in [-0.25, -0.2) is 0 Å². The SMILES string of the molecule is CC1CC2(CCN(C(=O)c3ccc(N4CCC(CN5Cc6cc7c(cc6C5)C(=O)N(C5CCC(O)NC5=O)C7=O)CC4)cc3)CC2)CN1c1ccc(C#N)c(Cl)c1. The van der Waals surface area contributed by atoms with Crippen molar-refractivity contribution in [3.05, 3.63) is 93.0 Å². The lowest BCUT2D eigenvalue weighted by molar-refractivity contribution is -0.131. The van der Waals surface area contributed by atoms with E-state index in [2.05, 4.69) is 45.1 Å². The Balaban J connectivity index is 0.744. The quantitative estimate of drug-likeness (QED) is 0.325. The summed E-state index contributed by atoms with van der Waals surface area (Å²) in [5.41, 5.74) is 6.42. The number of nitrogens with zero attached hydrogens (tertiary/aromatic N) is 6. The van der Waals surface area contributed by atoms with Crippen molar-refractivity contribution < 1.29 is 24.3 Å². The highest BCUT2D eigenvalue weighted by molar-refractivity contribution is 6.32. The maximum atomic E-state index is 13.6. The van der Waals surface area contributed by atoms with Crippen molar-refractivity contribution in [1.82, 2.24) is 20.0 Å². The molecular formula is C44H48ClN7O5. The summed E-state index contributed by atoms with van der Waals surface area (Å²) in [6, 6.07) is 19.1. The number of carbonyl (C=O) groups is 4. The average molecular weight is 790 g/mol. The summed E-state index contributed by atoms with van der Waals surface area (Å²) in [6.45, 7) is 8.93. The van der Waals surface area contributed by atoms with E-state index < -0.39 is 30.0 Å². The van der Waals surface area contributed by atoms with Gasteiger partial charge in [0.15, 0.2) is 0 Å². The van der Waals surface area contributed by atoms with Crippen LogP contribution in [-0.2, 0) is 17.9 Å². The first-order valence-corrected chi connectivity index (χ1v) is 20.7. The van der Waals surface area contributed by atoms with Crippen LogP contribution in [0.2, 0.25) is 5.02 Å². The number of hydrogen-bond donors (Lipinski definition) is 2. The van der Waals surface area contributed by atoms with Gasteiger partial charge in [-0.15, -0.1) is 0 Å². The van der Waals surface area contributed by atoms with E-state index in [4.69, 9.17) is 11.6 Å². The lowest BCUT2D eigenvalue weighted by Crippen LogP contribution is -2.55. The number of piperidine rings is 3. The number of anilines is 2. The van der Waals surface area contributed by atoms with E-state index in [-0.39, 0.29) is 17.7 Å². The van der Waals surface area contributed by atoms with E-state index in [0.717, 1.165) is 117 Å². The number of rotatable bonds is 6. The van der Waals surface area contributed by atoms with Gasteiger partial charge in [-0.05, 0) is 129 Å². The number of aliphatic hydroxyl groups excluding tert-OH is 1. The Kier molecular flexibility index (Phi) is 9.74. The molecule has 0 bridgehead atoms. The number of amides is 4. The zero-order valence-corrected chi connectivity index (χ0v) is 33.0. The zero-order valence-electron chi connectivity index (χ0n) is 32.3. The molecular weight excluding hydrogens is 742 g/mol. The molecule has 3 aromatic carbocycles. The topological polar surface area (TPSA) is 141 Å². The van der Waals surface area contributed by atoms with Crippen molar-refractivity contribution in [1.29, 1.82) is 5.26 Å². The molecule has 57 heavy (non-hydrogen) atoms. The Morgan fingerprint density at radius 1 is 0.895 bits per heavy atom. The van der Waals surface area contributed by atoms with Crippen LogP contribution in [0.5, 0.6) is 0 Å². The van der Waals surface area contributed by atoms with Crippen molar-refractivity contribution in [2.45, 2.75) is 83.3 Å². The molecule has 6 aliphatic heterocycles. The number of imide groups is 1. The van der Waals surface area contributed by atoms with E-state index in [1.165, 1.54) is 0 Å². The van der Waals surface area contributed by atoms with Gasteiger partial charge in [0.25, 0.3) is 17.7 Å². The summed E-state index contributed by atoms with van der Waals surface area (Å²) < 4.78 is 0. The van der Waals surface area contributed by atoms with Crippen molar-refractivity contribution >= 4 is 46.6 Å². The van der Waals surface area contributed by atoms with E-state index in [1.807, 2.05) is 41.3 Å². The molecule has 13 heteroatoms. The molecule has 3 atom stereocenters. The molecule has 3 unspecified atom stereocenters. The van der Waals surface area contributed by atoms with Gasteiger partial charge in [0.1, 0.15) is 18.3 Å². The number of likely N-dealkylation sites (tertiary alicyclic amines) is 1. The Bertz CT molecular complexity index is 2130. The molecule has 0 aromatic heterocycles. The average Bonchev–Trinajstić information content (AvgIpc) is 3.84. The van der Waals surface area contributed by atoms with Crippen LogP contribution < -0.4 is 15.1 Å². The summed E-state index contributed by atoms with van der Waals surface area (Å²) in [7, 11) is 0. The van der Waals surface area contributed by atoms with Crippen LogP contribution in [0.25, 0.3) is 0 Å². The van der Waals surface area contributed by atoms with Gasteiger partial charge in [-0.2, -0.15) is 5.26 Å². The largest absolute Gasteiger partial charge is 0.374 e. The minimum Gasteiger partial charge on any atom is -0.374 e. The Morgan fingerprint density at radius 2 is 1.54 bits per heavy atom. The predicted molar refractivity (Wildman–Crippen MR) is 215 cm³/mol. The molecule has 0 radical (unpaired) electrons. The van der Waals surface area contributed by atoms with E-state index >= 15 is 0 Å². The monoisotopic (exact) mass is 789 g/mol. The number of fused-ring (bicyclic) bond motifs is 2. The molecule has 6 heterocycles. The Labute approximate surface area is 337 Å². The fraction of sp³-hybridized carbons (Fsp3) is 0.477. The fourth-order valence-electron chi connectivity index (χ4n) is 10.4. The Morgan fingerprint density at radius 3 is 2.16 bits per heavy atom. The second-order valence-corrected chi connectivity index (χ2v) is 17.6. The van der Waals surface area contributed by atoms with Crippen molar-refractivity contribution in [3.8, 4) is 6.07 Å². The van der Waals surface area contributed by atoms with Crippen LogP contribution in [0.15, 0.2) is 54.6 Å². The smallest absolute Gasteiger partial charge is 0.262 e. The van der Waals surface area contributed by atoms with Crippen LogP contribution in [0.4, 0.5) is 11.4 Å². The standard InChI is InChI=1S/C44H48ClN7O5/c1-27-21-44(26-51(27)34-7-4-30(22-46)37(45)20-34)12-16-50(17-13-44)41(55)29-2-5-33(6-3-29)49-14-10-28(11-15-49)23-48-24-31-18-35-36(19-32(31)25-48)43(57)52(42(35)56)38-8-9-39(53)47-40(38)54/h2-7,18-20,27-28,38-39,53H,8-17,21,23-26H2,1H3,(H,47,54). The molecule has 12 nitrogen and oxygen atoms in total. The summed E-state index contributed by atoms with van der Waals surface area (Å²) in [5, 5.41) is 22.0. The Hall–Kier alpha value is -4.96. The van der Waals surface area contributed by atoms with Gasteiger partial charge in [0.05, 0.1) is 21.7 Å². The minimum absolute atomic E-state index is 0.0946. The molecule has 4 saturated heterocycles. The fourth-order valence-corrected chi connectivity index (χ4v) is 10.6. The maximum absolute atomic E-state index is 13.6. The number of nitriles is 1. The highest BCUT2D eigenvalue weighted by atomic mass is 35.5. The summed E-state index contributed by atoms with van der Waals surface area (Å²) >= 11 is 6.36. The van der Waals surface area contributed by atoms with Gasteiger partial charge >= 0.3 is 0 Å². The lowest BCUT2D eigenvalue weighted by Gasteiger charge is -2.39. The van der Waals surface area contributed by atoms with Crippen LogP contribution in [0, 0.1) is 22.7 Å². The normalized spacial score (nSPS) is 24.9. The highest BCUT2D eigenvalue weighted by Crippen LogP contribution is 2.45. The summed E-state index contributed by atoms with van der Waals surface area (Å²) in [5.74, 6) is -0.740. The van der Waals surface area contributed by atoms with Gasteiger partial charge in [-0.1, -0.05) is 11.6 Å². The minimum atomic E-state index is -0.950. The van der Waals surface area contributed by atoms with Gasteiger partial charge in [0, 0.05) is 75.3 Å². The number of hydrogen-bond acceptors (Lipinski definition) is 9. The first-order valence-electron chi connectivity index (χ1n) is 20.3. The third kappa shape index (κ3) is 6.94. The number of aliphatic hydroxyl groups is 1. The summed E-state index contributed by atoms with van der Waals surface area (Å²) in [6.07, 6.45) is 4.71. The van der Waals surface area contributed by atoms with Gasteiger partial charge in [-0.3, -0.25) is 29.0 Å². The number of halogens is 1. The molecule has 0 saturated carbocycles. The van der Waals surface area contributed by atoms with Gasteiger partial charge in [0.2, 0.25) is 5.91 Å². The lowest BCUT2D eigenvalue weighted by atomic mass is 9.76. The first kappa shape index (κ1) is 37.6. The van der Waals surface area contributed by atoms with Crippen molar-refractivity contribution in [2.24, 2.45) is 11.3 Å². The molecule has 296 valence electrons. The van der Waals surface area contributed by atoms with Crippen LogP contribution in [0.3, 0.4) is 0 Å². The van der Waals surface area contributed by atoms with Crippen LogP contribution in [0.1, 0.15) is 99.6 Å². The van der Waals surface area contributed by atoms with E-state index in [0.29, 0.717) is 40.1 Å². The molecule has 0 aliphatic carbocycles. The van der Waals surface area contributed by atoms with E-state index in [1.54, 1.807) is 6.07 Å². The second kappa shape index (κ2) is 14.8. The number of benzene rings is 3. The molecule has 1 spiro atoms. The number of carbonyl (C=O) groups excluding carboxylic acids is 4.